The molecule has 2 rings (SSSR count). The minimum atomic E-state index is 0.139. The Kier molecular flexibility index (Phi) is 5.83. The maximum absolute atomic E-state index is 5.46. The van der Waals surface area contributed by atoms with E-state index in [2.05, 4.69) is 15.3 Å². The Morgan fingerprint density at radius 3 is 2.57 bits per heavy atom. The van der Waals surface area contributed by atoms with Gasteiger partial charge in [-0.2, -0.15) is 0 Å². The van der Waals surface area contributed by atoms with Crippen LogP contribution in [0.3, 0.4) is 0 Å². The second-order valence-electron chi connectivity index (χ2n) is 4.29. The number of benzene rings is 1. The number of rotatable bonds is 7. The highest BCUT2D eigenvalue weighted by Crippen LogP contribution is 2.31. The fourth-order valence-corrected chi connectivity index (χ4v) is 2.89. The Hall–Kier alpha value is -1.79. The molecule has 1 aromatic carbocycles. The molecule has 1 unspecified atom stereocenters. The van der Waals surface area contributed by atoms with E-state index in [9.17, 15) is 0 Å². The summed E-state index contributed by atoms with van der Waals surface area (Å²) in [6, 6.07) is 7.80. The first-order valence-electron chi connectivity index (χ1n) is 6.57. The lowest BCUT2D eigenvalue weighted by Crippen LogP contribution is -2.19. The summed E-state index contributed by atoms with van der Waals surface area (Å²) in [5.74, 6) is 2.40. The van der Waals surface area contributed by atoms with Crippen LogP contribution in [0.5, 0.6) is 11.5 Å². The van der Waals surface area contributed by atoms with Gasteiger partial charge >= 0.3 is 0 Å². The molecule has 0 spiro atoms. The molecular formula is C15H19N3O2S. The quantitative estimate of drug-likeness (QED) is 0.627. The lowest BCUT2D eigenvalue weighted by molar-refractivity contribution is 0.387. The van der Waals surface area contributed by atoms with Gasteiger partial charge in [-0.3, -0.25) is 0 Å². The standard InChI is InChI=1S/C15H19N3O2S/c1-16-13(10-21-15-17-7-4-8-18-15)12-6-5-11(19-2)9-14(12)20-3/h4-9,13,16H,10H2,1-3H3. The molecule has 0 fully saturated rings. The SMILES string of the molecule is CNC(CSc1ncccn1)c1ccc(OC)cc1OC. The number of ether oxygens (including phenoxy) is 2. The summed E-state index contributed by atoms with van der Waals surface area (Å²) in [7, 11) is 5.24. The van der Waals surface area contributed by atoms with Crippen LogP contribution < -0.4 is 14.8 Å². The van der Waals surface area contributed by atoms with Crippen LogP contribution in [0.1, 0.15) is 11.6 Å². The van der Waals surface area contributed by atoms with E-state index in [0.29, 0.717) is 0 Å². The van der Waals surface area contributed by atoms with Gasteiger partial charge in [-0.15, -0.1) is 0 Å². The Morgan fingerprint density at radius 2 is 1.95 bits per heavy atom. The van der Waals surface area contributed by atoms with Crippen LogP contribution in [0.4, 0.5) is 0 Å². The fraction of sp³-hybridized carbons (Fsp3) is 0.333. The average Bonchev–Trinajstić information content (AvgIpc) is 2.56. The number of hydrogen-bond donors (Lipinski definition) is 1. The van der Waals surface area contributed by atoms with Gasteiger partial charge in [0, 0.05) is 35.8 Å². The second kappa shape index (κ2) is 7.85. The van der Waals surface area contributed by atoms with Crippen LogP contribution in [0, 0.1) is 0 Å². The van der Waals surface area contributed by atoms with Gasteiger partial charge in [0.2, 0.25) is 0 Å². The summed E-state index contributed by atoms with van der Waals surface area (Å²) in [4.78, 5) is 8.44. The molecule has 0 amide bonds. The number of nitrogens with zero attached hydrogens (tertiary/aromatic N) is 2. The van der Waals surface area contributed by atoms with Gasteiger partial charge in [0.25, 0.3) is 0 Å². The van der Waals surface area contributed by atoms with Crippen LogP contribution in [-0.2, 0) is 0 Å². The highest BCUT2D eigenvalue weighted by atomic mass is 32.2. The molecule has 5 nitrogen and oxygen atoms in total. The highest BCUT2D eigenvalue weighted by Gasteiger charge is 2.16. The molecule has 0 aliphatic heterocycles. The zero-order valence-corrected chi connectivity index (χ0v) is 13.2. The van der Waals surface area contributed by atoms with Crippen molar-refractivity contribution < 1.29 is 9.47 Å². The lowest BCUT2D eigenvalue weighted by Gasteiger charge is -2.19. The number of hydrogen-bond acceptors (Lipinski definition) is 6. The predicted octanol–water partition coefficient (Wildman–Crippen LogP) is 2.55. The van der Waals surface area contributed by atoms with Crippen molar-refractivity contribution >= 4 is 11.8 Å². The largest absolute Gasteiger partial charge is 0.497 e. The van der Waals surface area contributed by atoms with Crippen molar-refractivity contribution in [3.63, 3.8) is 0 Å². The second-order valence-corrected chi connectivity index (χ2v) is 5.28. The van der Waals surface area contributed by atoms with Crippen molar-refractivity contribution in [3.8, 4) is 11.5 Å². The van der Waals surface area contributed by atoms with Crippen molar-refractivity contribution in [2.45, 2.75) is 11.2 Å². The maximum atomic E-state index is 5.46. The Bertz CT molecular complexity index is 566. The topological polar surface area (TPSA) is 56.3 Å². The maximum Gasteiger partial charge on any atom is 0.187 e. The molecule has 2 aromatic rings. The average molecular weight is 305 g/mol. The zero-order chi connectivity index (χ0) is 15.1. The van der Waals surface area contributed by atoms with Gasteiger partial charge in [-0.25, -0.2) is 9.97 Å². The first-order valence-corrected chi connectivity index (χ1v) is 7.56. The molecule has 21 heavy (non-hydrogen) atoms. The molecule has 0 bridgehead atoms. The Balaban J connectivity index is 2.13. The molecule has 0 radical (unpaired) electrons. The summed E-state index contributed by atoms with van der Waals surface area (Å²) in [5, 5.41) is 4.07. The van der Waals surface area contributed by atoms with E-state index >= 15 is 0 Å². The number of aromatic nitrogens is 2. The van der Waals surface area contributed by atoms with E-state index in [0.717, 1.165) is 28.0 Å². The van der Waals surface area contributed by atoms with Gasteiger partial charge in [-0.05, 0) is 19.2 Å². The summed E-state index contributed by atoms with van der Waals surface area (Å²) >= 11 is 1.61. The summed E-state index contributed by atoms with van der Waals surface area (Å²) < 4.78 is 10.7. The Labute approximate surface area is 129 Å². The molecule has 6 heteroatoms. The predicted molar refractivity (Wildman–Crippen MR) is 84.1 cm³/mol. The van der Waals surface area contributed by atoms with Crippen molar-refractivity contribution in [2.75, 3.05) is 27.0 Å². The lowest BCUT2D eigenvalue weighted by atomic mass is 10.1. The van der Waals surface area contributed by atoms with Gasteiger partial charge in [-0.1, -0.05) is 17.8 Å². The molecule has 1 heterocycles. The van der Waals surface area contributed by atoms with Gasteiger partial charge < -0.3 is 14.8 Å². The molecular weight excluding hydrogens is 286 g/mol. The zero-order valence-electron chi connectivity index (χ0n) is 12.4. The monoisotopic (exact) mass is 305 g/mol. The van der Waals surface area contributed by atoms with Crippen LogP contribution in [-0.4, -0.2) is 37.0 Å². The van der Waals surface area contributed by atoms with E-state index in [1.54, 1.807) is 38.4 Å². The fourth-order valence-electron chi connectivity index (χ4n) is 1.95. The molecule has 0 aliphatic rings. The van der Waals surface area contributed by atoms with Crippen molar-refractivity contribution in [3.05, 3.63) is 42.2 Å². The van der Waals surface area contributed by atoms with Crippen LogP contribution in [0.2, 0.25) is 0 Å². The summed E-state index contributed by atoms with van der Waals surface area (Å²) in [6.45, 7) is 0. The van der Waals surface area contributed by atoms with Crippen LogP contribution in [0.25, 0.3) is 0 Å². The molecule has 112 valence electrons. The van der Waals surface area contributed by atoms with E-state index in [1.165, 1.54) is 0 Å². The van der Waals surface area contributed by atoms with E-state index in [1.807, 2.05) is 31.3 Å². The van der Waals surface area contributed by atoms with Gasteiger partial charge in [0.05, 0.1) is 14.2 Å². The third-order valence-corrected chi connectivity index (χ3v) is 4.05. The van der Waals surface area contributed by atoms with E-state index < -0.39 is 0 Å². The Morgan fingerprint density at radius 1 is 1.19 bits per heavy atom. The number of nitrogens with one attached hydrogen (secondary N) is 1. The number of methoxy groups -OCH3 is 2. The van der Waals surface area contributed by atoms with Crippen molar-refractivity contribution in [1.29, 1.82) is 0 Å². The molecule has 0 saturated heterocycles. The minimum absolute atomic E-state index is 0.139. The molecule has 1 N–H and O–H groups in total. The first kappa shape index (κ1) is 15.6. The molecule has 0 aliphatic carbocycles. The number of thioether (sulfide) groups is 1. The van der Waals surface area contributed by atoms with Crippen LogP contribution >= 0.6 is 11.8 Å². The molecule has 1 atom stereocenters. The van der Waals surface area contributed by atoms with E-state index in [-0.39, 0.29) is 6.04 Å². The van der Waals surface area contributed by atoms with Crippen molar-refractivity contribution in [1.82, 2.24) is 15.3 Å². The third-order valence-electron chi connectivity index (χ3n) is 3.09. The smallest absolute Gasteiger partial charge is 0.187 e. The highest BCUT2D eigenvalue weighted by molar-refractivity contribution is 7.99. The van der Waals surface area contributed by atoms with Gasteiger partial charge in [0.15, 0.2) is 5.16 Å². The van der Waals surface area contributed by atoms with Crippen molar-refractivity contribution in [2.24, 2.45) is 0 Å². The molecule has 0 saturated carbocycles. The van der Waals surface area contributed by atoms with E-state index in [4.69, 9.17) is 9.47 Å². The van der Waals surface area contributed by atoms with Gasteiger partial charge in [0.1, 0.15) is 11.5 Å². The molecule has 1 aromatic heterocycles. The minimum Gasteiger partial charge on any atom is -0.497 e. The third kappa shape index (κ3) is 4.09. The summed E-state index contributed by atoms with van der Waals surface area (Å²) in [5.41, 5.74) is 1.09. The summed E-state index contributed by atoms with van der Waals surface area (Å²) in [6.07, 6.45) is 3.50. The van der Waals surface area contributed by atoms with Crippen LogP contribution in [0.15, 0.2) is 41.8 Å². The normalized spacial score (nSPS) is 12.0. The first-order chi connectivity index (χ1) is 10.3.